The van der Waals surface area contributed by atoms with Crippen LogP contribution in [0.15, 0.2) is 33.7 Å². The van der Waals surface area contributed by atoms with Crippen LogP contribution in [0.1, 0.15) is 35.8 Å². The largest absolute Gasteiger partial charge is 0.507 e. The number of halogens is 1. The lowest BCUT2D eigenvalue weighted by molar-refractivity contribution is 0.0694. The number of carboxylic acids is 1. The van der Waals surface area contributed by atoms with E-state index in [0.29, 0.717) is 16.6 Å². The lowest BCUT2D eigenvalue weighted by atomic mass is 9.87. The van der Waals surface area contributed by atoms with Gasteiger partial charge in [0, 0.05) is 23.9 Å². The number of hydrogen-bond acceptors (Lipinski definition) is 3. The second kappa shape index (κ2) is 5.53. The number of phenolic OH excluding ortho intramolecular Hbond substituents is 1. The van der Waals surface area contributed by atoms with Gasteiger partial charge >= 0.3 is 5.97 Å². The molecule has 6 heteroatoms. The summed E-state index contributed by atoms with van der Waals surface area (Å²) in [4.78, 5) is 23.4. The maximum atomic E-state index is 12.1. The van der Waals surface area contributed by atoms with Gasteiger partial charge in [-0.05, 0) is 46.0 Å². The van der Waals surface area contributed by atoms with Gasteiger partial charge in [-0.15, -0.1) is 0 Å². The van der Waals surface area contributed by atoms with Gasteiger partial charge in [0.1, 0.15) is 11.3 Å². The van der Waals surface area contributed by atoms with Crippen molar-refractivity contribution in [3.05, 3.63) is 50.2 Å². The number of fused-ring (bicyclic) bond motifs is 3. The summed E-state index contributed by atoms with van der Waals surface area (Å²) in [7, 11) is 0. The van der Waals surface area contributed by atoms with Gasteiger partial charge in [0.25, 0.3) is 0 Å². The van der Waals surface area contributed by atoms with Gasteiger partial charge < -0.3 is 14.8 Å². The Morgan fingerprint density at radius 3 is 2.65 bits per heavy atom. The van der Waals surface area contributed by atoms with Crippen molar-refractivity contribution < 1.29 is 15.0 Å². The summed E-state index contributed by atoms with van der Waals surface area (Å²) in [6.07, 6.45) is 2.11. The molecular formula is C17H16BrNO4. The van der Waals surface area contributed by atoms with Gasteiger partial charge in [0.15, 0.2) is 5.43 Å². The topological polar surface area (TPSA) is 79.5 Å². The van der Waals surface area contributed by atoms with E-state index in [1.54, 1.807) is 12.1 Å². The molecule has 1 unspecified atom stereocenters. The Morgan fingerprint density at radius 2 is 2.04 bits per heavy atom. The van der Waals surface area contributed by atoms with Crippen LogP contribution in [0.3, 0.4) is 0 Å². The van der Waals surface area contributed by atoms with Crippen LogP contribution in [0.25, 0.3) is 11.3 Å². The van der Waals surface area contributed by atoms with Gasteiger partial charge in [0.2, 0.25) is 0 Å². The summed E-state index contributed by atoms with van der Waals surface area (Å²) in [6, 6.07) is 4.87. The Balaban J connectivity index is 2.33. The summed E-state index contributed by atoms with van der Waals surface area (Å²) in [5, 5.41) is 19.1. The number of nitrogens with zero attached hydrogens (tertiary/aromatic N) is 1. The van der Waals surface area contributed by atoms with Crippen LogP contribution in [0.2, 0.25) is 0 Å². The highest BCUT2D eigenvalue weighted by Gasteiger charge is 2.28. The first-order valence-electron chi connectivity index (χ1n) is 7.31. The smallest absolute Gasteiger partial charge is 0.341 e. The van der Waals surface area contributed by atoms with Crippen LogP contribution in [0, 0.1) is 5.92 Å². The molecule has 2 aromatic rings. The monoisotopic (exact) mass is 377 g/mol. The molecule has 0 aliphatic carbocycles. The number of aromatic hydroxyl groups is 1. The number of aromatic nitrogens is 1. The van der Waals surface area contributed by atoms with Crippen molar-refractivity contribution in [3.8, 4) is 17.0 Å². The van der Waals surface area contributed by atoms with E-state index in [1.165, 1.54) is 12.3 Å². The molecule has 0 amide bonds. The van der Waals surface area contributed by atoms with E-state index in [-0.39, 0.29) is 23.3 Å². The number of carboxylic acid groups (broad SMARTS) is 1. The summed E-state index contributed by atoms with van der Waals surface area (Å²) < 4.78 is 2.42. The molecule has 3 rings (SSSR count). The highest BCUT2D eigenvalue weighted by molar-refractivity contribution is 9.10. The number of hydrogen-bond donors (Lipinski definition) is 2. The van der Waals surface area contributed by atoms with E-state index in [2.05, 4.69) is 29.8 Å². The molecular weight excluding hydrogens is 362 g/mol. The van der Waals surface area contributed by atoms with Crippen molar-refractivity contribution in [2.75, 3.05) is 0 Å². The molecule has 2 heterocycles. The maximum absolute atomic E-state index is 12.1. The standard InChI is InChI=1S/C17H16BrNO4/c1-8(2)13-3-9-4-16(21)12(18)5-10(9)14-6-15(20)11(17(22)23)7-19(13)14/h4-8,13,21H,3H2,1-2H3,(H,22,23). The number of carbonyl (C=O) groups is 1. The highest BCUT2D eigenvalue weighted by atomic mass is 79.9. The third kappa shape index (κ3) is 2.57. The minimum atomic E-state index is -1.22. The Bertz CT molecular complexity index is 870. The molecule has 0 radical (unpaired) electrons. The van der Waals surface area contributed by atoms with Crippen molar-refractivity contribution in [1.29, 1.82) is 0 Å². The van der Waals surface area contributed by atoms with Crippen LogP contribution in [0.5, 0.6) is 5.75 Å². The van der Waals surface area contributed by atoms with E-state index < -0.39 is 11.4 Å². The number of benzene rings is 1. The fraction of sp³-hybridized carbons (Fsp3) is 0.294. The minimum absolute atomic E-state index is 0.0248. The first kappa shape index (κ1) is 15.8. The van der Waals surface area contributed by atoms with Crippen LogP contribution in [-0.2, 0) is 6.42 Å². The van der Waals surface area contributed by atoms with Crippen LogP contribution in [0.4, 0.5) is 0 Å². The minimum Gasteiger partial charge on any atom is -0.507 e. The summed E-state index contributed by atoms with van der Waals surface area (Å²) >= 11 is 3.29. The molecule has 0 fully saturated rings. The van der Waals surface area contributed by atoms with Crippen molar-refractivity contribution in [2.45, 2.75) is 26.3 Å². The normalized spacial score (nSPS) is 16.1. The molecule has 120 valence electrons. The van der Waals surface area contributed by atoms with Gasteiger partial charge in [-0.2, -0.15) is 0 Å². The molecule has 0 bridgehead atoms. The fourth-order valence-corrected chi connectivity index (χ4v) is 3.44. The van der Waals surface area contributed by atoms with Gasteiger partial charge in [-0.1, -0.05) is 13.8 Å². The zero-order chi connectivity index (χ0) is 16.9. The van der Waals surface area contributed by atoms with Crippen molar-refractivity contribution in [1.82, 2.24) is 4.57 Å². The van der Waals surface area contributed by atoms with E-state index in [9.17, 15) is 19.8 Å². The van der Waals surface area contributed by atoms with Gasteiger partial charge in [-0.3, -0.25) is 4.79 Å². The van der Waals surface area contributed by atoms with Gasteiger partial charge in [-0.25, -0.2) is 4.79 Å². The van der Waals surface area contributed by atoms with Crippen molar-refractivity contribution in [2.24, 2.45) is 5.92 Å². The molecule has 0 saturated carbocycles. The van der Waals surface area contributed by atoms with Crippen molar-refractivity contribution >= 4 is 21.9 Å². The fourth-order valence-electron chi connectivity index (χ4n) is 3.09. The quantitative estimate of drug-likeness (QED) is 0.839. The average molecular weight is 378 g/mol. The SMILES string of the molecule is CC(C)C1Cc2cc(O)c(Br)cc2-c2cc(=O)c(C(=O)O)cn21. The predicted octanol–water partition coefficient (Wildman–Crippen LogP) is 3.43. The number of aromatic carboxylic acids is 1. The summed E-state index contributed by atoms with van der Waals surface area (Å²) in [5.41, 5.74) is 1.73. The van der Waals surface area contributed by atoms with E-state index in [4.69, 9.17) is 0 Å². The maximum Gasteiger partial charge on any atom is 0.341 e. The van der Waals surface area contributed by atoms with Crippen LogP contribution < -0.4 is 5.43 Å². The van der Waals surface area contributed by atoms with Gasteiger partial charge in [0.05, 0.1) is 10.2 Å². The molecule has 1 aromatic heterocycles. The number of pyridine rings is 1. The second-order valence-electron chi connectivity index (χ2n) is 6.13. The molecule has 1 aliphatic heterocycles. The molecule has 0 saturated heterocycles. The van der Waals surface area contributed by atoms with Crippen molar-refractivity contribution in [3.63, 3.8) is 0 Å². The molecule has 5 nitrogen and oxygen atoms in total. The molecule has 0 spiro atoms. The average Bonchev–Trinajstić information content (AvgIpc) is 2.47. The molecule has 23 heavy (non-hydrogen) atoms. The Kier molecular flexibility index (Phi) is 3.80. The first-order valence-corrected chi connectivity index (χ1v) is 8.10. The number of rotatable bonds is 2. The second-order valence-corrected chi connectivity index (χ2v) is 6.98. The van der Waals surface area contributed by atoms with E-state index in [1.807, 2.05) is 4.57 Å². The summed E-state index contributed by atoms with van der Waals surface area (Å²) in [5.74, 6) is -0.813. The molecule has 1 aromatic carbocycles. The van der Waals surface area contributed by atoms with E-state index in [0.717, 1.165) is 11.1 Å². The highest BCUT2D eigenvalue weighted by Crippen LogP contribution is 2.41. The number of phenols is 1. The summed E-state index contributed by atoms with van der Waals surface area (Å²) in [6.45, 7) is 4.10. The molecule has 1 aliphatic rings. The molecule has 1 atom stereocenters. The zero-order valence-electron chi connectivity index (χ0n) is 12.7. The molecule has 2 N–H and O–H groups in total. The first-order chi connectivity index (χ1) is 10.8. The predicted molar refractivity (Wildman–Crippen MR) is 90.0 cm³/mol. The zero-order valence-corrected chi connectivity index (χ0v) is 14.3. The van der Waals surface area contributed by atoms with E-state index >= 15 is 0 Å². The Hall–Kier alpha value is -2.08. The third-order valence-corrected chi connectivity index (χ3v) is 4.95. The third-order valence-electron chi connectivity index (χ3n) is 4.31. The lowest BCUT2D eigenvalue weighted by Gasteiger charge is -2.33. The van der Waals surface area contributed by atoms with Crippen LogP contribution >= 0.6 is 15.9 Å². The lowest BCUT2D eigenvalue weighted by Crippen LogP contribution is -2.28. The Labute approximate surface area is 141 Å². The Morgan fingerprint density at radius 1 is 1.35 bits per heavy atom. The van der Waals surface area contributed by atoms with Crippen LogP contribution in [-0.4, -0.2) is 20.7 Å².